The Labute approximate surface area is 312 Å². The van der Waals surface area contributed by atoms with Crippen LogP contribution in [0.3, 0.4) is 0 Å². The van der Waals surface area contributed by atoms with E-state index in [1.165, 1.54) is 51.3 Å². The zero-order valence-corrected chi connectivity index (χ0v) is 31.4. The standard InChI is InChI=1S/C35H33ClF2N8O6S2/c1-44-32-29(9-8-25(36)31(32)33(42-44)43-54(3,51)52)46-34(40-27-14-19(18-53(2,49)50)4-7-24(27)35(46)48)28(15-20-12-22(37)16-23(38)13-20)39-30(47)17-45-11-10-26(41-45)21-5-6-21/h4,7-14,16,21,28H,5-6,15,17-18H2,1-3H3,(H,39,47)(H,42,43)/t28-/m0/s1. The SMILES string of the molecule is Cn1nc(NS(C)(=O)=O)c2c(Cl)ccc(-n3c([C@H](Cc4cc(F)cc(F)c4)NC(=O)Cn4ccc(C5CC5)n4)nc4cc(CS(C)(=O)=O)ccc4c3=O)c21. The van der Waals surface area contributed by atoms with Gasteiger partial charge >= 0.3 is 0 Å². The molecule has 6 aromatic rings. The second kappa shape index (κ2) is 13.9. The number of rotatable bonds is 12. The van der Waals surface area contributed by atoms with Crippen molar-refractivity contribution in [3.63, 3.8) is 0 Å². The van der Waals surface area contributed by atoms with Gasteiger partial charge in [0.05, 0.1) is 56.3 Å². The van der Waals surface area contributed by atoms with Gasteiger partial charge in [0.1, 0.15) is 24.0 Å². The minimum Gasteiger partial charge on any atom is -0.344 e. The molecule has 1 atom stereocenters. The van der Waals surface area contributed by atoms with E-state index in [4.69, 9.17) is 16.6 Å². The summed E-state index contributed by atoms with van der Waals surface area (Å²) in [6, 6.07) is 10.8. The van der Waals surface area contributed by atoms with Crippen molar-refractivity contribution in [1.82, 2.24) is 34.4 Å². The van der Waals surface area contributed by atoms with Gasteiger partial charge in [-0.05, 0) is 66.4 Å². The lowest BCUT2D eigenvalue weighted by Gasteiger charge is -2.24. The quantitative estimate of drug-likeness (QED) is 0.183. The average molecular weight is 799 g/mol. The minimum absolute atomic E-state index is 0.0711. The molecule has 1 fully saturated rings. The molecule has 3 aromatic heterocycles. The number of nitrogens with one attached hydrogen (secondary N) is 2. The molecule has 282 valence electrons. The Balaban J connectivity index is 1.46. The molecule has 14 nitrogen and oxygen atoms in total. The van der Waals surface area contributed by atoms with E-state index < -0.39 is 49.0 Å². The van der Waals surface area contributed by atoms with Crippen LogP contribution in [0.5, 0.6) is 0 Å². The summed E-state index contributed by atoms with van der Waals surface area (Å²) in [6.45, 7) is -0.232. The number of anilines is 1. The van der Waals surface area contributed by atoms with Crippen LogP contribution in [0, 0.1) is 11.6 Å². The number of benzene rings is 3. The average Bonchev–Trinajstić information content (AvgIpc) is 3.71. The van der Waals surface area contributed by atoms with Crippen molar-refractivity contribution in [3.8, 4) is 5.69 Å². The lowest BCUT2D eigenvalue weighted by molar-refractivity contribution is -0.122. The number of hydrogen-bond donors (Lipinski definition) is 2. The maximum Gasteiger partial charge on any atom is 0.266 e. The molecule has 3 heterocycles. The Morgan fingerprint density at radius 2 is 1.70 bits per heavy atom. The summed E-state index contributed by atoms with van der Waals surface area (Å²) in [5.74, 6) is -2.51. The second-order valence-electron chi connectivity index (χ2n) is 13.5. The Morgan fingerprint density at radius 1 is 0.981 bits per heavy atom. The maximum absolute atomic E-state index is 14.7. The van der Waals surface area contributed by atoms with Gasteiger partial charge < -0.3 is 5.32 Å². The van der Waals surface area contributed by atoms with Crippen LogP contribution in [0.1, 0.15) is 47.4 Å². The van der Waals surface area contributed by atoms with Crippen molar-refractivity contribution in [2.75, 3.05) is 17.2 Å². The predicted octanol–water partition coefficient (Wildman–Crippen LogP) is 4.29. The number of nitrogens with zero attached hydrogens (tertiary/aromatic N) is 6. The summed E-state index contributed by atoms with van der Waals surface area (Å²) in [6.07, 6.45) is 5.44. The number of sulfonamides is 1. The van der Waals surface area contributed by atoms with Gasteiger partial charge in [-0.25, -0.2) is 30.6 Å². The fourth-order valence-electron chi connectivity index (χ4n) is 6.51. The van der Waals surface area contributed by atoms with E-state index >= 15 is 0 Å². The van der Waals surface area contributed by atoms with Gasteiger partial charge in [0, 0.05) is 37.9 Å². The molecule has 1 amide bonds. The molecule has 3 aromatic carbocycles. The lowest BCUT2D eigenvalue weighted by Crippen LogP contribution is -2.37. The van der Waals surface area contributed by atoms with Crippen LogP contribution in [0.15, 0.2) is 65.6 Å². The molecule has 0 aliphatic heterocycles. The topological polar surface area (TPSA) is 180 Å². The van der Waals surface area contributed by atoms with Crippen molar-refractivity contribution >= 4 is 65.0 Å². The summed E-state index contributed by atoms with van der Waals surface area (Å²) < 4.78 is 84.4. The fourth-order valence-corrected chi connectivity index (χ4v) is 8.04. The van der Waals surface area contributed by atoms with Gasteiger partial charge in [-0.15, -0.1) is 0 Å². The number of carbonyl (C=O) groups is 1. The zero-order valence-electron chi connectivity index (χ0n) is 29.0. The first kappa shape index (κ1) is 37.1. The number of aromatic nitrogens is 6. The molecular formula is C35H33ClF2N8O6S2. The van der Waals surface area contributed by atoms with E-state index in [0.717, 1.165) is 43.2 Å². The van der Waals surface area contributed by atoms with Gasteiger partial charge in [-0.3, -0.25) is 28.2 Å². The highest BCUT2D eigenvalue weighted by molar-refractivity contribution is 7.92. The van der Waals surface area contributed by atoms with Gasteiger partial charge in [0.2, 0.25) is 15.9 Å². The molecule has 0 bridgehead atoms. The molecule has 19 heteroatoms. The monoisotopic (exact) mass is 798 g/mol. The van der Waals surface area contributed by atoms with Crippen LogP contribution in [-0.2, 0) is 50.4 Å². The predicted molar refractivity (Wildman–Crippen MR) is 199 cm³/mol. The molecule has 2 N–H and O–H groups in total. The molecule has 7 rings (SSSR count). The summed E-state index contributed by atoms with van der Waals surface area (Å²) in [5, 5.41) is 12.0. The largest absolute Gasteiger partial charge is 0.344 e. The Hall–Kier alpha value is -5.20. The number of carbonyl (C=O) groups excluding carboxylic acids is 1. The van der Waals surface area contributed by atoms with E-state index in [-0.39, 0.29) is 68.4 Å². The summed E-state index contributed by atoms with van der Waals surface area (Å²) >= 11 is 6.60. The highest BCUT2D eigenvalue weighted by Crippen LogP contribution is 2.39. The minimum atomic E-state index is -3.83. The highest BCUT2D eigenvalue weighted by atomic mass is 35.5. The molecule has 1 aliphatic rings. The van der Waals surface area contributed by atoms with Crippen molar-refractivity contribution in [2.45, 2.75) is 43.5 Å². The van der Waals surface area contributed by atoms with E-state index in [2.05, 4.69) is 20.2 Å². The van der Waals surface area contributed by atoms with E-state index in [1.54, 1.807) is 6.20 Å². The van der Waals surface area contributed by atoms with Crippen LogP contribution in [0.25, 0.3) is 27.5 Å². The number of aryl methyl sites for hydroxylation is 1. The molecule has 0 radical (unpaired) electrons. The molecule has 0 spiro atoms. The Kier molecular flexibility index (Phi) is 9.55. The normalized spacial score (nSPS) is 14.1. The molecule has 0 unspecified atom stereocenters. The number of amides is 1. The van der Waals surface area contributed by atoms with Gasteiger partial charge in [0.25, 0.3) is 5.56 Å². The van der Waals surface area contributed by atoms with Crippen LogP contribution in [-0.4, -0.2) is 64.4 Å². The summed E-state index contributed by atoms with van der Waals surface area (Å²) in [4.78, 5) is 33.3. The molecule has 0 saturated heterocycles. The van der Waals surface area contributed by atoms with Crippen LogP contribution in [0.4, 0.5) is 14.6 Å². The highest BCUT2D eigenvalue weighted by Gasteiger charge is 2.29. The van der Waals surface area contributed by atoms with Crippen molar-refractivity contribution in [3.05, 3.63) is 110 Å². The first-order valence-corrected chi connectivity index (χ1v) is 20.9. The third kappa shape index (κ3) is 8.00. The van der Waals surface area contributed by atoms with Crippen molar-refractivity contribution in [2.24, 2.45) is 7.05 Å². The molecular weight excluding hydrogens is 766 g/mol. The van der Waals surface area contributed by atoms with Gasteiger partial charge in [0.15, 0.2) is 15.7 Å². The number of hydrogen-bond acceptors (Lipinski definition) is 9. The maximum atomic E-state index is 14.7. The van der Waals surface area contributed by atoms with Crippen LogP contribution in [0.2, 0.25) is 5.02 Å². The summed E-state index contributed by atoms with van der Waals surface area (Å²) in [5.41, 5.74) is 1.10. The number of halogens is 3. The third-order valence-corrected chi connectivity index (χ3v) is 10.5. The van der Waals surface area contributed by atoms with Gasteiger partial charge in [-0.2, -0.15) is 10.2 Å². The van der Waals surface area contributed by atoms with Crippen molar-refractivity contribution in [1.29, 1.82) is 0 Å². The second-order valence-corrected chi connectivity index (χ2v) is 17.8. The smallest absolute Gasteiger partial charge is 0.266 e. The van der Waals surface area contributed by atoms with E-state index in [1.807, 2.05) is 6.07 Å². The van der Waals surface area contributed by atoms with Crippen LogP contribution >= 0.6 is 11.6 Å². The molecule has 1 aliphatic carbocycles. The first-order chi connectivity index (χ1) is 25.4. The number of fused-ring (bicyclic) bond motifs is 2. The first-order valence-electron chi connectivity index (χ1n) is 16.6. The third-order valence-electron chi connectivity index (χ3n) is 8.80. The number of sulfone groups is 1. The van der Waals surface area contributed by atoms with Crippen LogP contribution < -0.4 is 15.6 Å². The molecule has 54 heavy (non-hydrogen) atoms. The van der Waals surface area contributed by atoms with E-state index in [0.29, 0.717) is 17.5 Å². The van der Waals surface area contributed by atoms with Crippen molar-refractivity contribution < 1.29 is 30.4 Å². The lowest BCUT2D eigenvalue weighted by atomic mass is 10.0. The van der Waals surface area contributed by atoms with E-state index in [9.17, 15) is 35.2 Å². The Morgan fingerprint density at radius 3 is 2.37 bits per heavy atom. The fraction of sp³-hybridized carbons (Fsp3) is 0.286. The Bertz CT molecular complexity index is 2760. The zero-order chi connectivity index (χ0) is 38.7. The summed E-state index contributed by atoms with van der Waals surface area (Å²) in [7, 11) is -5.81. The van der Waals surface area contributed by atoms with Gasteiger partial charge in [-0.1, -0.05) is 17.7 Å². The molecule has 1 saturated carbocycles.